The third-order valence-corrected chi connectivity index (χ3v) is 10.0. The predicted octanol–water partition coefficient (Wildman–Crippen LogP) is 10.2. The first-order valence-corrected chi connectivity index (χ1v) is 20.4. The van der Waals surface area contributed by atoms with Crippen LogP contribution in [0.3, 0.4) is 0 Å². The van der Waals surface area contributed by atoms with Crippen LogP contribution in [-0.2, 0) is 47.2 Å². The molecule has 4 heterocycles. The van der Waals surface area contributed by atoms with Crippen molar-refractivity contribution in [2.45, 2.75) is 104 Å². The first kappa shape index (κ1) is 48.5. The Morgan fingerprint density at radius 2 is 0.759 bits per heavy atom. The minimum Gasteiger partial charge on any atom is -0.441 e. The predicted molar refractivity (Wildman–Crippen MR) is 224 cm³/mol. The topological polar surface area (TPSA) is 96.1 Å². The monoisotopic (exact) mass is 862 g/mol. The third kappa shape index (κ3) is 13.4. The fourth-order valence-electron chi connectivity index (χ4n) is 7.03. The van der Waals surface area contributed by atoms with Gasteiger partial charge in [-0.15, -0.1) is 0 Å². The van der Waals surface area contributed by atoms with Crippen molar-refractivity contribution < 1.29 is 43.0 Å². The van der Waals surface area contributed by atoms with Crippen LogP contribution in [0, 0.1) is 127 Å². The molecule has 4 saturated carbocycles. The molecule has 0 spiro atoms. The number of hydrogen-bond donors (Lipinski definition) is 0. The van der Waals surface area contributed by atoms with E-state index in [1.807, 2.05) is 128 Å². The van der Waals surface area contributed by atoms with Gasteiger partial charge in [0.05, 0.1) is 10.8 Å². The fraction of sp³-hybridized carbons (Fsp3) is 0.333. The van der Waals surface area contributed by atoms with Crippen molar-refractivity contribution in [1.29, 1.82) is 0 Å². The fourth-order valence-corrected chi connectivity index (χ4v) is 7.03. The first-order chi connectivity index (χ1) is 27.6. The first-order valence-electron chi connectivity index (χ1n) is 20.4. The maximum absolute atomic E-state index is 13.1. The van der Waals surface area contributed by atoms with Crippen molar-refractivity contribution in [1.82, 2.24) is 19.1 Å². The van der Waals surface area contributed by atoms with Crippen molar-refractivity contribution in [2.24, 2.45) is 0 Å². The zero-order valence-corrected chi connectivity index (χ0v) is 35.8. The summed E-state index contributed by atoms with van der Waals surface area (Å²) in [5.74, 6) is 2.96. The zero-order chi connectivity index (χ0) is 39.0. The minimum atomic E-state index is -0.321. The molecule has 4 aliphatic carbocycles. The summed E-state index contributed by atoms with van der Waals surface area (Å²) in [5, 5.41) is 1.46. The Labute approximate surface area is 369 Å². The van der Waals surface area contributed by atoms with Crippen LogP contribution in [0.15, 0.2) is 30.8 Å². The van der Waals surface area contributed by atoms with Gasteiger partial charge in [-0.3, -0.25) is 9.13 Å². The molecule has 10 heteroatoms. The molecule has 58 heavy (non-hydrogen) atoms. The average molecular weight is 863 g/mol. The molecule has 8 rings (SSSR count). The average Bonchev–Trinajstić information content (AvgIpc) is 4.06. The van der Waals surface area contributed by atoms with E-state index >= 15 is 0 Å². The molecule has 0 N–H and O–H groups in total. The zero-order valence-electron chi connectivity index (χ0n) is 33.6. The van der Waals surface area contributed by atoms with E-state index in [0.29, 0.717) is 24.6 Å². The van der Waals surface area contributed by atoms with Crippen molar-refractivity contribution >= 4 is 22.2 Å². The Morgan fingerprint density at radius 1 is 0.448 bits per heavy atom. The summed E-state index contributed by atoms with van der Waals surface area (Å²) < 4.78 is 16.2. The second-order valence-electron chi connectivity index (χ2n) is 14.3. The SMILES string of the molecule is CCCCCCCCn1cc2c(-c3c([C]4[CH][CH][CH][CH]4)oc4nc(=O)n(CCCCCCCC)cc34)c([C]3[CH][CH][CH][CH]3)oc2nc1=O.[CH]1[CH][CH][CH][CH]1.[CH]1[CH][CH][CH][CH]1.[Fe+2].[Fe+2]. The van der Waals surface area contributed by atoms with E-state index in [4.69, 9.17) is 8.83 Å². The van der Waals surface area contributed by atoms with Gasteiger partial charge >= 0.3 is 45.5 Å². The van der Waals surface area contributed by atoms with Crippen LogP contribution < -0.4 is 11.4 Å². The van der Waals surface area contributed by atoms with E-state index in [2.05, 4.69) is 23.8 Å². The van der Waals surface area contributed by atoms with Crippen molar-refractivity contribution in [3.8, 4) is 11.1 Å². The van der Waals surface area contributed by atoms with Crippen LogP contribution in [0.25, 0.3) is 33.3 Å². The third-order valence-electron chi connectivity index (χ3n) is 10.0. The molecule has 0 aromatic carbocycles. The van der Waals surface area contributed by atoms with E-state index in [1.165, 1.54) is 38.5 Å². The van der Waals surface area contributed by atoms with Gasteiger partial charge in [0, 0.05) is 48.4 Å². The normalized spacial score (nSPS) is 16.9. The summed E-state index contributed by atoms with van der Waals surface area (Å²) in [4.78, 5) is 35.1. The molecule has 8 nitrogen and oxygen atoms in total. The standard InChI is InChI=1S/C38H44N4O4.2C5H5.2Fe/c1-3-5-7-9-11-17-23-41-25-29-31(33(27-19-13-14-20-27)45-35(29)39-37(41)43)32-30-26-42(24-18-12-10-8-6-4-2)38(44)40-36(30)46-34(32)28-21-15-16-22-28;2*1-2-4-5-3-1;;/h13-16,19-22,25-26H,3-12,17-18,23-24H2,1-2H3;2*1-5H;;/q;;;2*+2. The van der Waals surface area contributed by atoms with Crippen LogP contribution in [0.5, 0.6) is 0 Å². The molecule has 4 aliphatic rings. The summed E-state index contributed by atoms with van der Waals surface area (Å²) in [5.41, 5.74) is 1.49. The molecule has 4 fully saturated rings. The van der Waals surface area contributed by atoms with Gasteiger partial charge in [-0.2, -0.15) is 9.97 Å². The number of nitrogens with zero attached hydrogens (tertiary/aromatic N) is 4. The van der Waals surface area contributed by atoms with E-state index in [-0.39, 0.29) is 56.9 Å². The summed E-state index contributed by atoms with van der Waals surface area (Å²) >= 11 is 0. The molecule has 302 valence electrons. The van der Waals surface area contributed by atoms with Gasteiger partial charge < -0.3 is 8.83 Å². The molecule has 0 unspecified atom stereocenters. The molecule has 0 saturated heterocycles. The molecule has 4 aromatic rings. The van der Waals surface area contributed by atoms with Crippen LogP contribution in [0.1, 0.15) is 102 Å². The second-order valence-corrected chi connectivity index (χ2v) is 14.3. The summed E-state index contributed by atoms with van der Waals surface area (Å²) in [6.07, 6.45) is 53.1. The van der Waals surface area contributed by atoms with Gasteiger partial charge in [0.15, 0.2) is 0 Å². The number of aryl methyl sites for hydroxylation is 2. The van der Waals surface area contributed by atoms with Gasteiger partial charge in [-0.1, -0.05) is 78.1 Å². The van der Waals surface area contributed by atoms with Gasteiger partial charge in [0.2, 0.25) is 11.4 Å². The molecule has 4 aromatic heterocycles. The van der Waals surface area contributed by atoms with Crippen LogP contribution >= 0.6 is 0 Å². The maximum atomic E-state index is 13.1. The van der Waals surface area contributed by atoms with E-state index < -0.39 is 0 Å². The van der Waals surface area contributed by atoms with Crippen LogP contribution in [-0.4, -0.2) is 19.1 Å². The van der Waals surface area contributed by atoms with Crippen molar-refractivity contribution in [2.75, 3.05) is 0 Å². The number of rotatable bonds is 17. The Balaban J connectivity index is 0.000000542. The smallest absolute Gasteiger partial charge is 0.441 e. The molecule has 0 amide bonds. The Hall–Kier alpha value is -2.12. The largest absolute Gasteiger partial charge is 2.00 e. The second kappa shape index (κ2) is 26.3. The number of unbranched alkanes of at least 4 members (excludes halogenated alkanes) is 10. The molecule has 0 atom stereocenters. The van der Waals surface area contributed by atoms with E-state index in [0.717, 1.165) is 72.3 Å². The number of fused-ring (bicyclic) bond motifs is 2. The summed E-state index contributed by atoms with van der Waals surface area (Å²) in [7, 11) is 0. The summed E-state index contributed by atoms with van der Waals surface area (Å²) in [6.45, 7) is 5.60. The molecular weight excluding hydrogens is 808 g/mol. The Morgan fingerprint density at radius 3 is 1.09 bits per heavy atom. The molecular formula is C48H54Fe2N4O4+4. The van der Waals surface area contributed by atoms with E-state index in [9.17, 15) is 9.59 Å². The molecule has 0 bridgehead atoms. The van der Waals surface area contributed by atoms with Gasteiger partial charge in [-0.05, 0) is 128 Å². The van der Waals surface area contributed by atoms with E-state index in [1.54, 1.807) is 9.13 Å². The number of furan rings is 2. The van der Waals surface area contributed by atoms with Gasteiger partial charge in [-0.25, -0.2) is 9.59 Å². The van der Waals surface area contributed by atoms with Crippen molar-refractivity contribution in [3.05, 3.63) is 172 Å². The van der Waals surface area contributed by atoms with Crippen molar-refractivity contribution in [3.63, 3.8) is 0 Å². The maximum Gasteiger partial charge on any atom is 2.00 e. The van der Waals surface area contributed by atoms with Gasteiger partial charge in [0.25, 0.3) is 0 Å². The molecule has 20 radical (unpaired) electrons. The number of aromatic nitrogens is 4. The number of hydrogen-bond acceptors (Lipinski definition) is 6. The van der Waals surface area contributed by atoms with Crippen LogP contribution in [0.2, 0.25) is 0 Å². The van der Waals surface area contributed by atoms with Gasteiger partial charge in [0.1, 0.15) is 11.5 Å². The Bertz CT molecular complexity index is 1720. The summed E-state index contributed by atoms with van der Waals surface area (Å²) in [6, 6.07) is 0. The van der Waals surface area contributed by atoms with Crippen LogP contribution in [0.4, 0.5) is 0 Å². The Kier molecular flexibility index (Phi) is 22.0. The quantitative estimate of drug-likeness (QED) is 0.0775. The molecule has 0 aliphatic heterocycles. The minimum absolute atomic E-state index is 0.